The van der Waals surface area contributed by atoms with E-state index in [9.17, 15) is 19.5 Å². The summed E-state index contributed by atoms with van der Waals surface area (Å²) in [5.74, 6) is -0.500. The minimum atomic E-state index is -1.03. The second-order valence-electron chi connectivity index (χ2n) is 9.22. The van der Waals surface area contributed by atoms with E-state index in [1.807, 2.05) is 36.4 Å². The number of carboxylic acids is 1. The van der Waals surface area contributed by atoms with Gasteiger partial charge in [0, 0.05) is 29.9 Å². The first-order valence-corrected chi connectivity index (χ1v) is 12.5. The van der Waals surface area contributed by atoms with Gasteiger partial charge in [-0.05, 0) is 56.1 Å². The third-order valence-corrected chi connectivity index (χ3v) is 8.13. The van der Waals surface area contributed by atoms with Gasteiger partial charge in [-0.1, -0.05) is 37.3 Å². The number of rotatable bonds is 5. The van der Waals surface area contributed by atoms with Gasteiger partial charge in [0.15, 0.2) is 0 Å². The van der Waals surface area contributed by atoms with E-state index in [1.54, 1.807) is 9.80 Å². The Balaban J connectivity index is 1.71. The van der Waals surface area contributed by atoms with Crippen molar-refractivity contribution >= 4 is 34.9 Å². The van der Waals surface area contributed by atoms with Crippen LogP contribution in [0.3, 0.4) is 0 Å². The summed E-state index contributed by atoms with van der Waals surface area (Å²) >= 11 is 1.20. The van der Waals surface area contributed by atoms with Gasteiger partial charge in [-0.2, -0.15) is 0 Å². The van der Waals surface area contributed by atoms with Crippen molar-refractivity contribution in [2.75, 3.05) is 18.0 Å². The summed E-state index contributed by atoms with van der Waals surface area (Å²) in [5.41, 5.74) is 6.86. The van der Waals surface area contributed by atoms with E-state index in [4.69, 9.17) is 5.73 Å². The van der Waals surface area contributed by atoms with Crippen molar-refractivity contribution in [1.82, 2.24) is 4.90 Å². The van der Waals surface area contributed by atoms with E-state index in [0.717, 1.165) is 36.1 Å². The maximum Gasteiger partial charge on any atom is 0.348 e. The van der Waals surface area contributed by atoms with Gasteiger partial charge in [0.2, 0.25) is 5.91 Å². The van der Waals surface area contributed by atoms with Crippen molar-refractivity contribution in [3.63, 3.8) is 0 Å². The molecule has 0 atom stereocenters. The van der Waals surface area contributed by atoms with Crippen LogP contribution in [-0.2, 0) is 4.79 Å². The van der Waals surface area contributed by atoms with Crippen molar-refractivity contribution in [2.45, 2.75) is 51.5 Å². The molecule has 1 saturated heterocycles. The van der Waals surface area contributed by atoms with E-state index in [2.05, 4.69) is 6.92 Å². The summed E-state index contributed by atoms with van der Waals surface area (Å²) < 4.78 is 0. The molecule has 0 unspecified atom stereocenters. The van der Waals surface area contributed by atoms with E-state index in [1.165, 1.54) is 11.3 Å². The molecule has 2 heterocycles. The minimum Gasteiger partial charge on any atom is -0.477 e. The highest BCUT2D eigenvalue weighted by Gasteiger charge is 2.37. The molecule has 0 radical (unpaired) electrons. The summed E-state index contributed by atoms with van der Waals surface area (Å²) in [6.07, 6.45) is 4.83. The molecule has 1 aliphatic heterocycles. The van der Waals surface area contributed by atoms with Crippen molar-refractivity contribution < 1.29 is 19.5 Å². The second-order valence-corrected chi connectivity index (χ2v) is 10.3. The number of likely N-dealkylation sites (tertiary alicyclic amines) is 1. The molecule has 2 fully saturated rings. The molecule has 176 valence electrons. The van der Waals surface area contributed by atoms with E-state index >= 15 is 0 Å². The SMILES string of the molecule is CC1CCC(C(=O)N(c2cc(-c3ccccc3)sc2C(=O)O)C2CCN(C(N)=O)CC2)CC1. The third kappa shape index (κ3) is 5.05. The molecule has 33 heavy (non-hydrogen) atoms. The van der Waals surface area contributed by atoms with Crippen LogP contribution >= 0.6 is 11.3 Å². The van der Waals surface area contributed by atoms with E-state index < -0.39 is 12.0 Å². The Morgan fingerprint density at radius 2 is 1.67 bits per heavy atom. The zero-order valence-corrected chi connectivity index (χ0v) is 19.7. The van der Waals surface area contributed by atoms with Crippen molar-refractivity contribution in [1.29, 1.82) is 0 Å². The highest BCUT2D eigenvalue weighted by atomic mass is 32.1. The number of thiophene rings is 1. The van der Waals surface area contributed by atoms with Gasteiger partial charge >= 0.3 is 12.0 Å². The Morgan fingerprint density at radius 1 is 1.03 bits per heavy atom. The lowest BCUT2D eigenvalue weighted by molar-refractivity contribution is -0.124. The molecule has 2 aromatic rings. The number of amides is 3. The normalized spacial score (nSPS) is 21.5. The third-order valence-electron chi connectivity index (χ3n) is 6.97. The zero-order valence-electron chi connectivity index (χ0n) is 18.9. The topological polar surface area (TPSA) is 104 Å². The summed E-state index contributed by atoms with van der Waals surface area (Å²) in [4.78, 5) is 42.1. The molecule has 7 nitrogen and oxygen atoms in total. The lowest BCUT2D eigenvalue weighted by atomic mass is 9.82. The molecule has 1 aromatic carbocycles. The molecular weight excluding hydrogens is 438 g/mol. The van der Waals surface area contributed by atoms with Gasteiger partial charge in [0.25, 0.3) is 0 Å². The van der Waals surface area contributed by atoms with E-state index in [0.29, 0.717) is 37.5 Å². The summed E-state index contributed by atoms with van der Waals surface area (Å²) in [6.45, 7) is 3.14. The number of aromatic carboxylic acids is 1. The quantitative estimate of drug-likeness (QED) is 0.655. The molecule has 0 bridgehead atoms. The first-order chi connectivity index (χ1) is 15.8. The molecule has 1 saturated carbocycles. The first kappa shape index (κ1) is 23.3. The Kier molecular flexibility index (Phi) is 7.02. The highest BCUT2D eigenvalue weighted by Crippen LogP contribution is 2.41. The van der Waals surface area contributed by atoms with Crippen LogP contribution in [0, 0.1) is 11.8 Å². The molecule has 3 amide bonds. The summed E-state index contributed by atoms with van der Waals surface area (Å²) in [5, 5.41) is 10.0. The number of hydrogen-bond donors (Lipinski definition) is 2. The van der Waals surface area contributed by atoms with Gasteiger partial charge in [-0.25, -0.2) is 9.59 Å². The standard InChI is InChI=1S/C25H31N3O4S/c1-16-7-9-18(10-8-16)23(29)28(19-11-13-27(14-12-19)25(26)32)20-15-21(33-22(20)24(30)31)17-5-3-2-4-6-17/h2-6,15-16,18-19H,7-14H2,1H3,(H2,26,32)(H,30,31). The number of carbonyl (C=O) groups excluding carboxylic acids is 2. The fraction of sp³-hybridized carbons (Fsp3) is 0.480. The van der Waals surface area contributed by atoms with Gasteiger partial charge in [0.1, 0.15) is 4.88 Å². The molecule has 2 aliphatic rings. The number of nitrogens with two attached hydrogens (primary N) is 1. The van der Waals surface area contributed by atoms with Crippen molar-refractivity contribution in [3.05, 3.63) is 41.3 Å². The monoisotopic (exact) mass is 469 g/mol. The van der Waals surface area contributed by atoms with Crippen molar-refractivity contribution in [2.24, 2.45) is 17.6 Å². The first-order valence-electron chi connectivity index (χ1n) is 11.6. The number of carbonyl (C=O) groups is 3. The van der Waals surface area contributed by atoms with Gasteiger partial charge in [-0.3, -0.25) is 4.79 Å². The van der Waals surface area contributed by atoms with Crippen LogP contribution in [-0.4, -0.2) is 47.0 Å². The number of urea groups is 1. The Labute approximate surface area is 198 Å². The van der Waals surface area contributed by atoms with Crippen LogP contribution in [0.25, 0.3) is 10.4 Å². The van der Waals surface area contributed by atoms with Gasteiger partial charge < -0.3 is 20.6 Å². The van der Waals surface area contributed by atoms with Crippen LogP contribution < -0.4 is 10.6 Å². The lowest BCUT2D eigenvalue weighted by Gasteiger charge is -2.40. The molecular formula is C25H31N3O4S. The van der Waals surface area contributed by atoms with Crippen molar-refractivity contribution in [3.8, 4) is 10.4 Å². The maximum absolute atomic E-state index is 13.9. The summed E-state index contributed by atoms with van der Waals surface area (Å²) in [6, 6.07) is 10.9. The molecule has 0 spiro atoms. The largest absolute Gasteiger partial charge is 0.477 e. The summed E-state index contributed by atoms with van der Waals surface area (Å²) in [7, 11) is 0. The number of hydrogen-bond acceptors (Lipinski definition) is 4. The molecule has 1 aliphatic carbocycles. The molecule has 4 rings (SSSR count). The molecule has 3 N–H and O–H groups in total. The van der Waals surface area contributed by atoms with Gasteiger partial charge in [0.05, 0.1) is 5.69 Å². The smallest absolute Gasteiger partial charge is 0.348 e. The number of anilines is 1. The minimum absolute atomic E-state index is 0.0133. The Morgan fingerprint density at radius 3 is 2.24 bits per heavy atom. The zero-order chi connectivity index (χ0) is 23.5. The predicted octanol–water partition coefficient (Wildman–Crippen LogP) is 4.82. The molecule has 8 heteroatoms. The lowest BCUT2D eigenvalue weighted by Crippen LogP contribution is -2.52. The number of piperidine rings is 1. The van der Waals surface area contributed by atoms with Crippen LogP contribution in [0.2, 0.25) is 0 Å². The fourth-order valence-corrected chi connectivity index (χ4v) is 6.00. The highest BCUT2D eigenvalue weighted by molar-refractivity contribution is 7.18. The number of benzene rings is 1. The van der Waals surface area contributed by atoms with Crippen LogP contribution in [0.15, 0.2) is 36.4 Å². The molecule has 1 aromatic heterocycles. The maximum atomic E-state index is 13.9. The second kappa shape index (κ2) is 9.95. The van der Waals surface area contributed by atoms with Crippen LogP contribution in [0.4, 0.5) is 10.5 Å². The van der Waals surface area contributed by atoms with Crippen LogP contribution in [0.5, 0.6) is 0 Å². The van der Waals surface area contributed by atoms with Gasteiger partial charge in [-0.15, -0.1) is 11.3 Å². The number of carboxylic acid groups (broad SMARTS) is 1. The average molecular weight is 470 g/mol. The number of nitrogens with zero attached hydrogens (tertiary/aromatic N) is 2. The Hall–Kier alpha value is -2.87. The predicted molar refractivity (Wildman–Crippen MR) is 130 cm³/mol. The Bertz CT molecular complexity index is 1010. The fourth-order valence-electron chi connectivity index (χ4n) is 5.00. The average Bonchev–Trinajstić information content (AvgIpc) is 3.26. The van der Waals surface area contributed by atoms with E-state index in [-0.39, 0.29) is 22.7 Å². The number of primary amides is 1. The van der Waals surface area contributed by atoms with Crippen LogP contribution in [0.1, 0.15) is 55.1 Å².